The van der Waals surface area contributed by atoms with Gasteiger partial charge >= 0.3 is 5.97 Å². The normalized spacial score (nSPS) is 21.0. The topological polar surface area (TPSA) is 62.2 Å². The van der Waals surface area contributed by atoms with Gasteiger partial charge in [-0.1, -0.05) is 24.6 Å². The quantitative estimate of drug-likeness (QED) is 0.886. The molecule has 2 N–H and O–H groups in total. The first kappa shape index (κ1) is 15.7. The van der Waals surface area contributed by atoms with E-state index in [1.54, 1.807) is 12.1 Å². The van der Waals surface area contributed by atoms with E-state index in [2.05, 4.69) is 16.4 Å². The van der Waals surface area contributed by atoms with Crippen molar-refractivity contribution in [2.45, 2.75) is 44.2 Å². The first-order valence-electron chi connectivity index (χ1n) is 8.18. The summed E-state index contributed by atoms with van der Waals surface area (Å²) in [5.41, 5.74) is 2.80. The fraction of sp³-hybridized carbons (Fsp3) is 0.368. The third kappa shape index (κ3) is 4.17. The molecule has 2 unspecified atom stereocenters. The number of rotatable bonds is 5. The number of hydrogen-bond acceptors (Lipinski definition) is 3. The molecule has 4 heteroatoms. The number of carbonyl (C=O) groups is 1. The van der Waals surface area contributed by atoms with Crippen molar-refractivity contribution in [1.29, 1.82) is 0 Å². The van der Waals surface area contributed by atoms with Crippen molar-refractivity contribution < 1.29 is 9.90 Å². The number of nitrogens with one attached hydrogen (secondary N) is 1. The van der Waals surface area contributed by atoms with Gasteiger partial charge in [0.15, 0.2) is 0 Å². The Morgan fingerprint density at radius 3 is 2.74 bits per heavy atom. The van der Waals surface area contributed by atoms with Crippen molar-refractivity contribution in [1.82, 2.24) is 10.3 Å². The third-order valence-electron chi connectivity index (χ3n) is 4.63. The van der Waals surface area contributed by atoms with Gasteiger partial charge in [-0.25, -0.2) is 4.79 Å². The average molecular weight is 310 g/mol. The molecule has 1 saturated carbocycles. The third-order valence-corrected chi connectivity index (χ3v) is 4.63. The zero-order valence-corrected chi connectivity index (χ0v) is 13.1. The summed E-state index contributed by atoms with van der Waals surface area (Å²) in [5, 5.41) is 12.5. The smallest absolute Gasteiger partial charge is 0.335 e. The highest BCUT2D eigenvalue weighted by Gasteiger charge is 2.22. The summed E-state index contributed by atoms with van der Waals surface area (Å²) >= 11 is 0. The number of carboxylic acids is 1. The van der Waals surface area contributed by atoms with Crippen molar-refractivity contribution in [2.24, 2.45) is 0 Å². The zero-order valence-electron chi connectivity index (χ0n) is 13.1. The molecule has 1 aliphatic rings. The van der Waals surface area contributed by atoms with Crippen LogP contribution in [0, 0.1) is 0 Å². The Labute approximate surface area is 136 Å². The Morgan fingerprint density at radius 2 is 2.04 bits per heavy atom. The molecule has 0 saturated heterocycles. The lowest BCUT2D eigenvalue weighted by Crippen LogP contribution is -2.33. The van der Waals surface area contributed by atoms with Crippen molar-refractivity contribution >= 4 is 5.97 Å². The molecule has 0 radical (unpaired) electrons. The van der Waals surface area contributed by atoms with Gasteiger partial charge < -0.3 is 10.4 Å². The molecular weight excluding hydrogens is 288 g/mol. The van der Waals surface area contributed by atoms with Gasteiger partial charge in [0, 0.05) is 25.0 Å². The van der Waals surface area contributed by atoms with Crippen LogP contribution in [0.15, 0.2) is 48.8 Å². The van der Waals surface area contributed by atoms with Crippen LogP contribution in [-0.2, 0) is 6.54 Å². The highest BCUT2D eigenvalue weighted by molar-refractivity contribution is 5.87. The standard InChI is InChI=1S/C19H22N2O2/c22-19(23)15-8-6-14(7-9-15)12-21-18-5-1-3-16(11-18)17-4-2-10-20-13-17/h2,4,6-10,13,16,18,21H,1,3,5,11-12H2,(H,22,23). The predicted octanol–water partition coefficient (Wildman–Crippen LogP) is 3.60. The fourth-order valence-electron chi connectivity index (χ4n) is 3.32. The maximum Gasteiger partial charge on any atom is 0.335 e. The summed E-state index contributed by atoms with van der Waals surface area (Å²) in [5.74, 6) is -0.291. The minimum atomic E-state index is -0.879. The molecule has 2 aromatic rings. The number of aromatic carboxylic acids is 1. The Balaban J connectivity index is 1.54. The molecular formula is C19H22N2O2. The lowest BCUT2D eigenvalue weighted by molar-refractivity contribution is 0.0697. The molecule has 0 spiro atoms. The zero-order chi connectivity index (χ0) is 16.1. The molecule has 3 rings (SSSR count). The monoisotopic (exact) mass is 310 g/mol. The Kier molecular flexibility index (Phi) is 5.03. The van der Waals surface area contributed by atoms with Crippen LogP contribution in [0.4, 0.5) is 0 Å². The van der Waals surface area contributed by atoms with E-state index in [0.717, 1.165) is 18.5 Å². The van der Waals surface area contributed by atoms with Gasteiger partial charge in [-0.15, -0.1) is 0 Å². The van der Waals surface area contributed by atoms with E-state index in [-0.39, 0.29) is 0 Å². The Bertz CT molecular complexity index is 640. The van der Waals surface area contributed by atoms with E-state index in [4.69, 9.17) is 5.11 Å². The number of aromatic nitrogens is 1. The predicted molar refractivity (Wildman–Crippen MR) is 89.5 cm³/mol. The summed E-state index contributed by atoms with van der Waals surface area (Å²) in [6, 6.07) is 11.8. The summed E-state index contributed by atoms with van der Waals surface area (Å²) in [6.45, 7) is 0.782. The van der Waals surface area contributed by atoms with Crippen LogP contribution >= 0.6 is 0 Å². The molecule has 0 aliphatic heterocycles. The molecule has 120 valence electrons. The van der Waals surface area contributed by atoms with Crippen molar-refractivity contribution in [2.75, 3.05) is 0 Å². The van der Waals surface area contributed by atoms with E-state index < -0.39 is 5.97 Å². The van der Waals surface area contributed by atoms with E-state index in [1.165, 1.54) is 24.8 Å². The minimum absolute atomic E-state index is 0.336. The summed E-state index contributed by atoms with van der Waals surface area (Å²) in [7, 11) is 0. The molecule has 1 heterocycles. The van der Waals surface area contributed by atoms with Crippen LogP contribution in [0.3, 0.4) is 0 Å². The highest BCUT2D eigenvalue weighted by Crippen LogP contribution is 2.32. The second kappa shape index (κ2) is 7.38. The highest BCUT2D eigenvalue weighted by atomic mass is 16.4. The summed E-state index contributed by atoms with van der Waals surface area (Å²) in [4.78, 5) is 15.1. The maximum atomic E-state index is 10.9. The van der Waals surface area contributed by atoms with Gasteiger partial charge in [0.2, 0.25) is 0 Å². The molecule has 1 aliphatic carbocycles. The number of nitrogens with zero attached hydrogens (tertiary/aromatic N) is 1. The van der Waals surface area contributed by atoms with Crippen LogP contribution in [0.5, 0.6) is 0 Å². The number of benzene rings is 1. The van der Waals surface area contributed by atoms with E-state index in [9.17, 15) is 4.79 Å². The van der Waals surface area contributed by atoms with Crippen LogP contribution < -0.4 is 5.32 Å². The van der Waals surface area contributed by atoms with Crippen molar-refractivity contribution in [3.05, 3.63) is 65.5 Å². The first-order valence-corrected chi connectivity index (χ1v) is 8.18. The Hall–Kier alpha value is -2.20. The van der Waals surface area contributed by atoms with Crippen LogP contribution in [0.25, 0.3) is 0 Å². The van der Waals surface area contributed by atoms with Gasteiger partial charge in [0.05, 0.1) is 5.56 Å². The van der Waals surface area contributed by atoms with E-state index >= 15 is 0 Å². The number of pyridine rings is 1. The van der Waals surface area contributed by atoms with Crippen LogP contribution in [0.1, 0.15) is 53.1 Å². The second-order valence-electron chi connectivity index (χ2n) is 6.23. The number of carboxylic acid groups (broad SMARTS) is 1. The van der Waals surface area contributed by atoms with E-state index in [0.29, 0.717) is 17.5 Å². The molecule has 0 amide bonds. The summed E-state index contributed by atoms with van der Waals surface area (Å²) in [6.07, 6.45) is 8.61. The molecule has 1 fully saturated rings. The Morgan fingerprint density at radius 1 is 1.22 bits per heavy atom. The lowest BCUT2D eigenvalue weighted by Gasteiger charge is -2.30. The van der Waals surface area contributed by atoms with E-state index in [1.807, 2.05) is 30.6 Å². The van der Waals surface area contributed by atoms with Crippen molar-refractivity contribution in [3.8, 4) is 0 Å². The fourth-order valence-corrected chi connectivity index (χ4v) is 3.32. The maximum absolute atomic E-state index is 10.9. The van der Waals surface area contributed by atoms with Gasteiger partial charge in [0.25, 0.3) is 0 Å². The van der Waals surface area contributed by atoms with Crippen LogP contribution in [0.2, 0.25) is 0 Å². The largest absolute Gasteiger partial charge is 0.478 e. The molecule has 1 aromatic carbocycles. The SMILES string of the molecule is O=C(O)c1ccc(CNC2CCCC(c3cccnc3)C2)cc1. The minimum Gasteiger partial charge on any atom is -0.478 e. The number of hydrogen-bond donors (Lipinski definition) is 2. The van der Waals surface area contributed by atoms with Gasteiger partial charge in [-0.2, -0.15) is 0 Å². The molecule has 4 nitrogen and oxygen atoms in total. The lowest BCUT2D eigenvalue weighted by atomic mass is 9.82. The van der Waals surface area contributed by atoms with Crippen molar-refractivity contribution in [3.63, 3.8) is 0 Å². The second-order valence-corrected chi connectivity index (χ2v) is 6.23. The van der Waals surface area contributed by atoms with Gasteiger partial charge in [-0.05, 0) is 54.5 Å². The molecule has 23 heavy (non-hydrogen) atoms. The first-order chi connectivity index (χ1) is 11.2. The molecule has 0 bridgehead atoms. The van der Waals surface area contributed by atoms with Gasteiger partial charge in [-0.3, -0.25) is 4.98 Å². The van der Waals surface area contributed by atoms with Gasteiger partial charge in [0.1, 0.15) is 0 Å². The molecule has 2 atom stereocenters. The van der Waals surface area contributed by atoms with Crippen LogP contribution in [-0.4, -0.2) is 22.1 Å². The average Bonchev–Trinajstić information content (AvgIpc) is 2.61. The summed E-state index contributed by atoms with van der Waals surface area (Å²) < 4.78 is 0. The molecule has 1 aromatic heterocycles.